The van der Waals surface area contributed by atoms with Crippen LogP contribution in [0.15, 0.2) is 36.4 Å². The quantitative estimate of drug-likeness (QED) is 0.766. The molecule has 4 heteroatoms. The number of aromatic hydroxyl groups is 1. The number of nitrogens with one attached hydrogen (secondary N) is 1. The van der Waals surface area contributed by atoms with Gasteiger partial charge in [0.1, 0.15) is 5.75 Å². The summed E-state index contributed by atoms with van der Waals surface area (Å²) in [5.74, 6) is -0.548. The normalized spacial score (nSPS) is 10.6. The monoisotopic (exact) mass is 299 g/mol. The molecule has 0 aromatic heterocycles. The van der Waals surface area contributed by atoms with E-state index in [9.17, 15) is 9.90 Å². The summed E-state index contributed by atoms with van der Waals surface area (Å²) in [5, 5.41) is 22.4. The van der Waals surface area contributed by atoms with Crippen molar-refractivity contribution in [1.29, 1.82) is 0 Å². The second kappa shape index (κ2) is 7.09. The van der Waals surface area contributed by atoms with Crippen LogP contribution in [0.3, 0.4) is 0 Å². The Balaban J connectivity index is 2.00. The number of phenolic OH excluding ortho intramolecular Hbond substituents is 1. The number of para-hydroxylation sites is 1. The molecule has 0 saturated carbocycles. The fourth-order valence-corrected chi connectivity index (χ4v) is 2.49. The third-order valence-corrected chi connectivity index (χ3v) is 3.75. The molecule has 0 unspecified atom stereocenters. The lowest BCUT2D eigenvalue weighted by atomic mass is 10.0. The highest BCUT2D eigenvalue weighted by Gasteiger charge is 2.08. The number of aromatic carboxylic acids is 1. The molecule has 116 valence electrons. The fraction of sp³-hybridized carbons (Fsp3) is 0.278. The summed E-state index contributed by atoms with van der Waals surface area (Å²) < 4.78 is 0. The highest BCUT2D eigenvalue weighted by Crippen LogP contribution is 2.22. The molecule has 0 atom stereocenters. The van der Waals surface area contributed by atoms with E-state index in [1.807, 2.05) is 37.3 Å². The molecule has 0 aliphatic rings. The van der Waals surface area contributed by atoms with Crippen LogP contribution in [-0.4, -0.2) is 16.2 Å². The van der Waals surface area contributed by atoms with E-state index < -0.39 is 5.97 Å². The molecule has 0 bridgehead atoms. The van der Waals surface area contributed by atoms with Crippen molar-refractivity contribution in [2.45, 2.75) is 33.4 Å². The fourth-order valence-electron chi connectivity index (χ4n) is 2.49. The number of hydrogen-bond acceptors (Lipinski definition) is 3. The molecule has 0 amide bonds. The van der Waals surface area contributed by atoms with E-state index in [1.165, 1.54) is 0 Å². The van der Waals surface area contributed by atoms with Gasteiger partial charge in [-0.05, 0) is 36.1 Å². The number of rotatable bonds is 6. The number of carboxylic acids is 1. The summed E-state index contributed by atoms with van der Waals surface area (Å²) in [6.45, 7) is 5.00. The summed E-state index contributed by atoms with van der Waals surface area (Å²) in [7, 11) is 0. The maximum absolute atomic E-state index is 11.0. The number of carboxylic acid groups (broad SMARTS) is 1. The molecule has 3 N–H and O–H groups in total. The van der Waals surface area contributed by atoms with E-state index in [0.29, 0.717) is 24.4 Å². The molecule has 2 rings (SSSR count). The standard InChI is InChI=1S/C18H21NO3/c1-3-14-5-4-6-15(17(14)20)11-19-10-13-7-8-16(18(21)22)12(2)9-13/h4-9,19-20H,3,10-11H2,1-2H3,(H,21,22). The van der Waals surface area contributed by atoms with Gasteiger partial charge in [0, 0.05) is 18.7 Å². The van der Waals surface area contributed by atoms with Gasteiger partial charge >= 0.3 is 5.97 Å². The molecule has 0 spiro atoms. The molecule has 2 aromatic carbocycles. The molecule has 22 heavy (non-hydrogen) atoms. The van der Waals surface area contributed by atoms with E-state index >= 15 is 0 Å². The Labute approximate surface area is 130 Å². The molecule has 2 aromatic rings. The van der Waals surface area contributed by atoms with Crippen molar-refractivity contribution in [3.63, 3.8) is 0 Å². The van der Waals surface area contributed by atoms with Crippen LogP contribution in [0.5, 0.6) is 5.75 Å². The molecule has 0 heterocycles. The van der Waals surface area contributed by atoms with Crippen LogP contribution in [0.2, 0.25) is 0 Å². The summed E-state index contributed by atoms with van der Waals surface area (Å²) in [6.07, 6.45) is 0.801. The van der Waals surface area contributed by atoms with Crippen LogP contribution in [-0.2, 0) is 19.5 Å². The van der Waals surface area contributed by atoms with Gasteiger partial charge in [-0.3, -0.25) is 0 Å². The zero-order valence-electron chi connectivity index (χ0n) is 12.9. The maximum Gasteiger partial charge on any atom is 0.335 e. The van der Waals surface area contributed by atoms with Crippen LogP contribution < -0.4 is 5.32 Å². The van der Waals surface area contributed by atoms with Crippen LogP contribution >= 0.6 is 0 Å². The van der Waals surface area contributed by atoms with Crippen molar-refractivity contribution in [3.05, 3.63) is 64.2 Å². The van der Waals surface area contributed by atoms with Crippen molar-refractivity contribution < 1.29 is 15.0 Å². The number of hydrogen-bond donors (Lipinski definition) is 3. The van der Waals surface area contributed by atoms with Crippen LogP contribution in [0, 0.1) is 6.92 Å². The smallest absolute Gasteiger partial charge is 0.335 e. The van der Waals surface area contributed by atoms with Gasteiger partial charge in [0.05, 0.1) is 5.56 Å². The van der Waals surface area contributed by atoms with Gasteiger partial charge in [-0.15, -0.1) is 0 Å². The Morgan fingerprint density at radius 1 is 1.14 bits per heavy atom. The number of benzene rings is 2. The van der Waals surface area contributed by atoms with Gasteiger partial charge in [0.2, 0.25) is 0 Å². The zero-order chi connectivity index (χ0) is 16.1. The van der Waals surface area contributed by atoms with E-state index in [0.717, 1.165) is 28.7 Å². The van der Waals surface area contributed by atoms with E-state index in [-0.39, 0.29) is 0 Å². The first kappa shape index (κ1) is 16.0. The molecule has 0 saturated heterocycles. The van der Waals surface area contributed by atoms with Gasteiger partial charge in [-0.2, -0.15) is 0 Å². The van der Waals surface area contributed by atoms with Crippen molar-refractivity contribution >= 4 is 5.97 Å². The predicted molar refractivity (Wildman–Crippen MR) is 86.2 cm³/mol. The van der Waals surface area contributed by atoms with Crippen LogP contribution in [0.1, 0.15) is 39.5 Å². The Hall–Kier alpha value is -2.33. The van der Waals surface area contributed by atoms with E-state index in [1.54, 1.807) is 13.0 Å². The second-order valence-corrected chi connectivity index (χ2v) is 5.34. The lowest BCUT2D eigenvalue weighted by Crippen LogP contribution is -2.13. The van der Waals surface area contributed by atoms with Gasteiger partial charge < -0.3 is 15.5 Å². The zero-order valence-corrected chi connectivity index (χ0v) is 12.9. The largest absolute Gasteiger partial charge is 0.507 e. The van der Waals surface area contributed by atoms with Crippen molar-refractivity contribution in [3.8, 4) is 5.75 Å². The highest BCUT2D eigenvalue weighted by atomic mass is 16.4. The summed E-state index contributed by atoms with van der Waals surface area (Å²) in [5.41, 5.74) is 3.92. The first-order chi connectivity index (χ1) is 10.5. The van der Waals surface area contributed by atoms with Crippen LogP contribution in [0.25, 0.3) is 0 Å². The molecule has 0 fully saturated rings. The third kappa shape index (κ3) is 3.65. The minimum absolute atomic E-state index is 0.331. The van der Waals surface area contributed by atoms with E-state index in [4.69, 9.17) is 5.11 Å². The third-order valence-electron chi connectivity index (χ3n) is 3.75. The Bertz CT molecular complexity index is 680. The molecular weight excluding hydrogens is 278 g/mol. The minimum Gasteiger partial charge on any atom is -0.507 e. The van der Waals surface area contributed by atoms with E-state index in [2.05, 4.69) is 5.32 Å². The Kier molecular flexibility index (Phi) is 5.17. The van der Waals surface area contributed by atoms with Gasteiger partial charge in [0.25, 0.3) is 0 Å². The number of aryl methyl sites for hydroxylation is 2. The molecule has 0 aliphatic heterocycles. The van der Waals surface area contributed by atoms with Gasteiger partial charge in [-0.1, -0.05) is 37.3 Å². The lowest BCUT2D eigenvalue weighted by Gasteiger charge is -2.10. The van der Waals surface area contributed by atoms with Crippen molar-refractivity contribution in [2.75, 3.05) is 0 Å². The topological polar surface area (TPSA) is 69.6 Å². The SMILES string of the molecule is CCc1cccc(CNCc2ccc(C(=O)O)c(C)c2)c1O. The highest BCUT2D eigenvalue weighted by molar-refractivity contribution is 5.89. The summed E-state index contributed by atoms with van der Waals surface area (Å²) in [6, 6.07) is 11.1. The Morgan fingerprint density at radius 2 is 1.86 bits per heavy atom. The van der Waals surface area contributed by atoms with Gasteiger partial charge in [0.15, 0.2) is 0 Å². The average Bonchev–Trinajstić information content (AvgIpc) is 2.48. The minimum atomic E-state index is -0.904. The second-order valence-electron chi connectivity index (χ2n) is 5.34. The number of phenols is 1. The molecule has 0 aliphatic carbocycles. The molecule has 0 radical (unpaired) electrons. The first-order valence-corrected chi connectivity index (χ1v) is 7.36. The van der Waals surface area contributed by atoms with Crippen LogP contribution in [0.4, 0.5) is 0 Å². The average molecular weight is 299 g/mol. The molecular formula is C18H21NO3. The predicted octanol–water partition coefficient (Wildman–Crippen LogP) is 3.25. The lowest BCUT2D eigenvalue weighted by molar-refractivity contribution is 0.0696. The van der Waals surface area contributed by atoms with Crippen molar-refractivity contribution in [2.24, 2.45) is 0 Å². The van der Waals surface area contributed by atoms with Crippen molar-refractivity contribution in [1.82, 2.24) is 5.32 Å². The number of carbonyl (C=O) groups is 1. The molecule has 4 nitrogen and oxygen atoms in total. The summed E-state index contributed by atoms with van der Waals surface area (Å²) in [4.78, 5) is 11.0. The first-order valence-electron chi connectivity index (χ1n) is 7.36. The summed E-state index contributed by atoms with van der Waals surface area (Å²) >= 11 is 0. The van der Waals surface area contributed by atoms with Gasteiger partial charge in [-0.25, -0.2) is 4.79 Å². The maximum atomic E-state index is 11.0. The Morgan fingerprint density at radius 3 is 2.50 bits per heavy atom.